The first kappa shape index (κ1) is 20.5. The zero-order chi connectivity index (χ0) is 20.7. The molecule has 0 saturated heterocycles. The van der Waals surface area contributed by atoms with Gasteiger partial charge < -0.3 is 9.47 Å². The van der Waals surface area contributed by atoms with Gasteiger partial charge in [0.1, 0.15) is 17.2 Å². The maximum Gasteiger partial charge on any atom is 0.264 e. The third kappa shape index (κ3) is 4.97. The van der Waals surface area contributed by atoms with E-state index in [0.29, 0.717) is 29.5 Å². The Morgan fingerprint density at radius 2 is 1.45 bits per heavy atom. The van der Waals surface area contributed by atoms with Gasteiger partial charge in [0, 0.05) is 0 Å². The van der Waals surface area contributed by atoms with E-state index in [1.807, 2.05) is 37.3 Å². The van der Waals surface area contributed by atoms with Gasteiger partial charge in [-0.05, 0) is 67.6 Å². The summed E-state index contributed by atoms with van der Waals surface area (Å²) in [6.07, 6.45) is 1.56. The van der Waals surface area contributed by atoms with Crippen molar-refractivity contribution in [3.63, 3.8) is 0 Å². The van der Waals surface area contributed by atoms with Crippen molar-refractivity contribution in [3.05, 3.63) is 91.5 Å². The first-order valence-corrected chi connectivity index (χ1v) is 10.7. The van der Waals surface area contributed by atoms with Crippen LogP contribution in [0.15, 0.2) is 96.4 Å². The van der Waals surface area contributed by atoms with Crippen LogP contribution in [-0.2, 0) is 10.0 Å². The summed E-state index contributed by atoms with van der Waals surface area (Å²) < 4.78 is 38.8. The minimum absolute atomic E-state index is 0.147. The van der Waals surface area contributed by atoms with E-state index in [1.54, 1.807) is 54.6 Å². The zero-order valence-electron chi connectivity index (χ0n) is 16.2. The fraction of sp³-hybridized carbons (Fsp3) is 0.130. The minimum atomic E-state index is -3.75. The fourth-order valence-corrected chi connectivity index (χ4v) is 4.20. The van der Waals surface area contributed by atoms with Gasteiger partial charge in [-0.25, -0.2) is 8.42 Å². The molecule has 0 atom stereocenters. The molecule has 0 aromatic heterocycles. The Kier molecular flexibility index (Phi) is 6.57. The number of benzene rings is 3. The topological polar surface area (TPSA) is 55.8 Å². The van der Waals surface area contributed by atoms with Gasteiger partial charge >= 0.3 is 0 Å². The van der Waals surface area contributed by atoms with Gasteiger partial charge in [-0.2, -0.15) is 0 Å². The SMILES string of the molecule is C=CCN(c1ccc(Oc2ccccc2)cc1)S(=O)(=O)c1ccc(OCC)cc1. The first-order valence-electron chi connectivity index (χ1n) is 9.24. The van der Waals surface area contributed by atoms with Crippen molar-refractivity contribution in [1.82, 2.24) is 0 Å². The number of nitrogens with zero attached hydrogens (tertiary/aromatic N) is 1. The molecule has 3 rings (SSSR count). The predicted molar refractivity (Wildman–Crippen MR) is 115 cm³/mol. The third-order valence-electron chi connectivity index (χ3n) is 4.12. The summed E-state index contributed by atoms with van der Waals surface area (Å²) in [7, 11) is -3.75. The second-order valence-corrected chi connectivity index (χ2v) is 8.00. The average Bonchev–Trinajstić information content (AvgIpc) is 2.74. The van der Waals surface area contributed by atoms with Gasteiger partial charge in [0.25, 0.3) is 10.0 Å². The van der Waals surface area contributed by atoms with Gasteiger partial charge in [0.2, 0.25) is 0 Å². The van der Waals surface area contributed by atoms with Crippen molar-refractivity contribution in [3.8, 4) is 17.2 Å². The van der Waals surface area contributed by atoms with E-state index in [1.165, 1.54) is 4.31 Å². The summed E-state index contributed by atoms with van der Waals surface area (Å²) in [5.41, 5.74) is 0.527. The van der Waals surface area contributed by atoms with Crippen molar-refractivity contribution in [2.45, 2.75) is 11.8 Å². The summed E-state index contributed by atoms with van der Waals surface area (Å²) in [6.45, 7) is 6.24. The molecule has 0 aliphatic carbocycles. The number of anilines is 1. The van der Waals surface area contributed by atoms with Crippen molar-refractivity contribution in [2.75, 3.05) is 17.5 Å². The van der Waals surface area contributed by atoms with E-state index in [0.717, 1.165) is 0 Å². The van der Waals surface area contributed by atoms with Crippen molar-refractivity contribution in [2.24, 2.45) is 0 Å². The Balaban J connectivity index is 1.85. The van der Waals surface area contributed by atoms with Crippen LogP contribution in [0.3, 0.4) is 0 Å². The summed E-state index contributed by atoms with van der Waals surface area (Å²) in [6, 6.07) is 22.7. The number of hydrogen-bond acceptors (Lipinski definition) is 4. The van der Waals surface area contributed by atoms with E-state index in [9.17, 15) is 8.42 Å². The molecule has 0 unspecified atom stereocenters. The monoisotopic (exact) mass is 409 g/mol. The molecular formula is C23H23NO4S. The summed E-state index contributed by atoms with van der Waals surface area (Å²) in [5, 5.41) is 0. The molecule has 0 aliphatic heterocycles. The van der Waals surface area contributed by atoms with E-state index < -0.39 is 10.0 Å². The fourth-order valence-electron chi connectivity index (χ4n) is 2.77. The van der Waals surface area contributed by atoms with Crippen LogP contribution in [0.4, 0.5) is 5.69 Å². The maximum absolute atomic E-state index is 13.2. The third-order valence-corrected chi connectivity index (χ3v) is 5.93. The molecule has 150 valence electrons. The second-order valence-electron chi connectivity index (χ2n) is 6.14. The van der Waals surface area contributed by atoms with Crippen LogP contribution in [0.1, 0.15) is 6.92 Å². The highest BCUT2D eigenvalue weighted by molar-refractivity contribution is 7.92. The Morgan fingerprint density at radius 1 is 0.862 bits per heavy atom. The number of ether oxygens (including phenoxy) is 2. The zero-order valence-corrected chi connectivity index (χ0v) is 17.0. The predicted octanol–water partition coefficient (Wildman–Crippen LogP) is 5.26. The van der Waals surface area contributed by atoms with Crippen LogP contribution in [0.25, 0.3) is 0 Å². The molecule has 0 fully saturated rings. The van der Waals surface area contributed by atoms with Gasteiger partial charge in [-0.3, -0.25) is 4.31 Å². The van der Waals surface area contributed by atoms with Crippen molar-refractivity contribution in [1.29, 1.82) is 0 Å². The summed E-state index contributed by atoms with van der Waals surface area (Å²) in [5.74, 6) is 1.96. The van der Waals surface area contributed by atoms with Crippen LogP contribution in [0.5, 0.6) is 17.2 Å². The van der Waals surface area contributed by atoms with Crippen molar-refractivity contribution < 1.29 is 17.9 Å². The normalized spacial score (nSPS) is 10.9. The molecule has 0 N–H and O–H groups in total. The molecule has 0 heterocycles. The van der Waals surface area contributed by atoms with Crippen LogP contribution >= 0.6 is 0 Å². The standard InChI is InChI=1S/C23H23NO4S/c1-3-18-24(29(25,26)23-16-14-20(15-17-23)27-4-2)19-10-12-22(13-11-19)28-21-8-6-5-7-9-21/h3,5-17H,1,4,18H2,2H3. The smallest absolute Gasteiger partial charge is 0.264 e. The molecule has 0 aliphatic rings. The minimum Gasteiger partial charge on any atom is -0.494 e. The average molecular weight is 410 g/mol. The molecule has 6 heteroatoms. The summed E-state index contributed by atoms with van der Waals surface area (Å²) >= 11 is 0. The van der Waals surface area contributed by atoms with E-state index >= 15 is 0 Å². The Bertz CT molecular complexity index is 1030. The van der Waals surface area contributed by atoms with Gasteiger partial charge in [-0.1, -0.05) is 24.3 Å². The summed E-state index contributed by atoms with van der Waals surface area (Å²) in [4.78, 5) is 0.187. The Morgan fingerprint density at radius 3 is 2.03 bits per heavy atom. The van der Waals surface area contributed by atoms with Gasteiger partial charge in [-0.15, -0.1) is 6.58 Å². The maximum atomic E-state index is 13.2. The highest BCUT2D eigenvalue weighted by Crippen LogP contribution is 2.28. The molecule has 0 radical (unpaired) electrons. The lowest BCUT2D eigenvalue weighted by molar-refractivity contribution is 0.340. The number of sulfonamides is 1. The van der Waals surface area contributed by atoms with Gasteiger partial charge in [0.05, 0.1) is 23.7 Å². The molecule has 0 amide bonds. The molecular weight excluding hydrogens is 386 g/mol. The largest absolute Gasteiger partial charge is 0.494 e. The highest BCUT2D eigenvalue weighted by atomic mass is 32.2. The molecule has 0 saturated carbocycles. The number of para-hydroxylation sites is 1. The molecule has 0 spiro atoms. The molecule has 0 bridgehead atoms. The molecule has 3 aromatic carbocycles. The second kappa shape index (κ2) is 9.30. The number of rotatable bonds is 9. The van der Waals surface area contributed by atoms with Crippen LogP contribution < -0.4 is 13.8 Å². The van der Waals surface area contributed by atoms with E-state index in [-0.39, 0.29) is 11.4 Å². The Labute approximate surface area is 171 Å². The van der Waals surface area contributed by atoms with E-state index in [2.05, 4.69) is 6.58 Å². The van der Waals surface area contributed by atoms with Crippen molar-refractivity contribution >= 4 is 15.7 Å². The highest BCUT2D eigenvalue weighted by Gasteiger charge is 2.24. The lowest BCUT2D eigenvalue weighted by atomic mass is 10.3. The van der Waals surface area contributed by atoms with Crippen LogP contribution in [0, 0.1) is 0 Å². The van der Waals surface area contributed by atoms with Crippen LogP contribution in [0.2, 0.25) is 0 Å². The number of hydrogen-bond donors (Lipinski definition) is 0. The lowest BCUT2D eigenvalue weighted by Crippen LogP contribution is -2.31. The Hall–Kier alpha value is -3.25. The molecule has 3 aromatic rings. The quantitative estimate of drug-likeness (QED) is 0.453. The first-order chi connectivity index (χ1) is 14.0. The molecule has 5 nitrogen and oxygen atoms in total. The molecule has 29 heavy (non-hydrogen) atoms. The van der Waals surface area contributed by atoms with Gasteiger partial charge in [0.15, 0.2) is 0 Å². The lowest BCUT2D eigenvalue weighted by Gasteiger charge is -2.23. The van der Waals surface area contributed by atoms with Crippen LogP contribution in [-0.4, -0.2) is 21.6 Å². The van der Waals surface area contributed by atoms with E-state index in [4.69, 9.17) is 9.47 Å².